The summed E-state index contributed by atoms with van der Waals surface area (Å²) >= 11 is 1.69. The number of hydrogen-bond acceptors (Lipinski definition) is 6. The summed E-state index contributed by atoms with van der Waals surface area (Å²) < 4.78 is 10.9. The van der Waals surface area contributed by atoms with E-state index in [4.69, 9.17) is 14.7 Å². The number of nitriles is 1. The standard InChI is InChI=1S/C19H21N3O3S/c20-12-15-4-1-2-5-17(15)25-14-19(23)21-13-16(18-6-3-11-26-18)22-7-9-24-10-8-22/h1-6,11,16H,7-10,13-14H2,(H,21,23)/t16-/m0/s1. The average Bonchev–Trinajstić information content (AvgIpc) is 3.22. The third kappa shape index (κ3) is 4.82. The molecule has 0 radical (unpaired) electrons. The second-order valence-electron chi connectivity index (χ2n) is 5.88. The fourth-order valence-corrected chi connectivity index (χ4v) is 3.73. The van der Waals surface area contributed by atoms with Gasteiger partial charge >= 0.3 is 0 Å². The van der Waals surface area contributed by atoms with Gasteiger partial charge in [0.05, 0.1) is 24.8 Å². The Morgan fingerprint density at radius 2 is 2.12 bits per heavy atom. The summed E-state index contributed by atoms with van der Waals surface area (Å²) in [5.74, 6) is 0.223. The van der Waals surface area contributed by atoms with Gasteiger partial charge in [0.1, 0.15) is 11.8 Å². The highest BCUT2D eigenvalue weighted by molar-refractivity contribution is 7.10. The summed E-state index contributed by atoms with van der Waals surface area (Å²) in [4.78, 5) is 15.8. The van der Waals surface area contributed by atoms with Crippen molar-refractivity contribution in [1.29, 1.82) is 5.26 Å². The maximum Gasteiger partial charge on any atom is 0.258 e. The Bertz CT molecular complexity index is 752. The number of nitrogens with zero attached hydrogens (tertiary/aromatic N) is 2. The number of benzene rings is 1. The van der Waals surface area contributed by atoms with Gasteiger partial charge in [0.15, 0.2) is 6.61 Å². The van der Waals surface area contributed by atoms with Gasteiger partial charge < -0.3 is 14.8 Å². The van der Waals surface area contributed by atoms with Crippen LogP contribution < -0.4 is 10.1 Å². The molecule has 0 saturated carbocycles. The second kappa shape index (κ2) is 9.34. The molecule has 0 spiro atoms. The predicted molar refractivity (Wildman–Crippen MR) is 99.1 cm³/mol. The van der Waals surface area contributed by atoms with E-state index < -0.39 is 0 Å². The molecule has 0 unspecified atom stereocenters. The molecule has 1 saturated heterocycles. The first-order valence-electron chi connectivity index (χ1n) is 8.52. The van der Waals surface area contributed by atoms with Gasteiger partial charge in [-0.3, -0.25) is 9.69 Å². The average molecular weight is 371 g/mol. The Balaban J connectivity index is 1.55. The molecular formula is C19H21N3O3S. The number of thiophene rings is 1. The normalized spacial score (nSPS) is 15.8. The first-order valence-corrected chi connectivity index (χ1v) is 9.39. The second-order valence-corrected chi connectivity index (χ2v) is 6.86. The molecule has 1 N–H and O–H groups in total. The van der Waals surface area contributed by atoms with E-state index in [1.54, 1.807) is 35.6 Å². The van der Waals surface area contributed by atoms with Crippen LogP contribution in [0.1, 0.15) is 16.5 Å². The Hall–Kier alpha value is -2.40. The molecule has 1 aromatic heterocycles. The van der Waals surface area contributed by atoms with Crippen molar-refractivity contribution in [1.82, 2.24) is 10.2 Å². The predicted octanol–water partition coefficient (Wildman–Crippen LogP) is 2.19. The summed E-state index contributed by atoms with van der Waals surface area (Å²) in [6.45, 7) is 3.53. The van der Waals surface area contributed by atoms with Crippen LogP contribution in [0.3, 0.4) is 0 Å². The number of carbonyl (C=O) groups excluding carboxylic acids is 1. The van der Waals surface area contributed by atoms with Crippen LogP contribution in [0.4, 0.5) is 0 Å². The molecule has 26 heavy (non-hydrogen) atoms. The van der Waals surface area contributed by atoms with Crippen LogP contribution in [-0.4, -0.2) is 50.3 Å². The summed E-state index contributed by atoms with van der Waals surface area (Å²) in [5, 5.41) is 14.1. The van der Waals surface area contributed by atoms with Gasteiger partial charge in [-0.2, -0.15) is 5.26 Å². The van der Waals surface area contributed by atoms with Gasteiger partial charge in [0, 0.05) is 24.5 Å². The molecule has 2 aromatic rings. The lowest BCUT2D eigenvalue weighted by Crippen LogP contribution is -2.44. The highest BCUT2D eigenvalue weighted by Gasteiger charge is 2.24. The Kier molecular flexibility index (Phi) is 6.61. The molecule has 0 bridgehead atoms. The number of nitrogens with one attached hydrogen (secondary N) is 1. The number of ether oxygens (including phenoxy) is 2. The van der Waals surface area contributed by atoms with Crippen LogP contribution in [0.2, 0.25) is 0 Å². The van der Waals surface area contributed by atoms with Crippen LogP contribution in [0, 0.1) is 11.3 Å². The Morgan fingerprint density at radius 1 is 1.31 bits per heavy atom. The van der Waals surface area contributed by atoms with Gasteiger partial charge in [-0.1, -0.05) is 18.2 Å². The zero-order valence-corrected chi connectivity index (χ0v) is 15.2. The van der Waals surface area contributed by atoms with Crippen LogP contribution in [0.25, 0.3) is 0 Å². The third-order valence-corrected chi connectivity index (χ3v) is 5.19. The van der Waals surface area contributed by atoms with Crippen molar-refractivity contribution >= 4 is 17.2 Å². The molecule has 3 rings (SSSR count). The number of hydrogen-bond donors (Lipinski definition) is 1. The zero-order valence-electron chi connectivity index (χ0n) is 14.4. The van der Waals surface area contributed by atoms with E-state index in [-0.39, 0.29) is 18.6 Å². The molecule has 0 aliphatic carbocycles. The molecule has 2 heterocycles. The smallest absolute Gasteiger partial charge is 0.258 e. The van der Waals surface area contributed by atoms with Gasteiger partial charge in [-0.05, 0) is 23.6 Å². The molecule has 7 heteroatoms. The van der Waals surface area contributed by atoms with Crippen LogP contribution in [0.5, 0.6) is 5.75 Å². The highest BCUT2D eigenvalue weighted by Crippen LogP contribution is 2.25. The van der Waals surface area contributed by atoms with E-state index in [1.165, 1.54) is 4.88 Å². The molecule has 1 amide bonds. The van der Waals surface area contributed by atoms with E-state index >= 15 is 0 Å². The molecule has 1 aromatic carbocycles. The van der Waals surface area contributed by atoms with Crippen LogP contribution >= 0.6 is 11.3 Å². The molecule has 1 aliphatic heterocycles. The van der Waals surface area contributed by atoms with E-state index in [0.29, 0.717) is 31.1 Å². The van der Waals surface area contributed by atoms with Gasteiger partial charge in [-0.25, -0.2) is 0 Å². The van der Waals surface area contributed by atoms with Crippen molar-refractivity contribution in [2.45, 2.75) is 6.04 Å². The number of rotatable bonds is 7. The van der Waals surface area contributed by atoms with Crippen molar-refractivity contribution in [3.63, 3.8) is 0 Å². The fraction of sp³-hybridized carbons (Fsp3) is 0.368. The lowest BCUT2D eigenvalue weighted by molar-refractivity contribution is -0.123. The molecule has 6 nitrogen and oxygen atoms in total. The van der Waals surface area contributed by atoms with Crippen molar-refractivity contribution < 1.29 is 14.3 Å². The third-order valence-electron chi connectivity index (χ3n) is 4.22. The van der Waals surface area contributed by atoms with E-state index in [9.17, 15) is 4.79 Å². The van der Waals surface area contributed by atoms with Crippen molar-refractivity contribution in [2.24, 2.45) is 0 Å². The van der Waals surface area contributed by atoms with Gasteiger partial charge in [0.25, 0.3) is 5.91 Å². The number of morpholine rings is 1. The quantitative estimate of drug-likeness (QED) is 0.808. The zero-order chi connectivity index (χ0) is 18.2. The fourth-order valence-electron chi connectivity index (χ4n) is 2.87. The van der Waals surface area contributed by atoms with Gasteiger partial charge in [0.2, 0.25) is 0 Å². The van der Waals surface area contributed by atoms with Crippen molar-refractivity contribution in [3.05, 3.63) is 52.2 Å². The minimum atomic E-state index is -0.201. The van der Waals surface area contributed by atoms with Crippen molar-refractivity contribution in [2.75, 3.05) is 39.5 Å². The van der Waals surface area contributed by atoms with Crippen LogP contribution in [-0.2, 0) is 9.53 Å². The maximum absolute atomic E-state index is 12.2. The van der Waals surface area contributed by atoms with E-state index in [0.717, 1.165) is 13.1 Å². The minimum Gasteiger partial charge on any atom is -0.482 e. The maximum atomic E-state index is 12.2. The number of para-hydroxylation sites is 1. The van der Waals surface area contributed by atoms with Gasteiger partial charge in [-0.15, -0.1) is 11.3 Å². The lowest BCUT2D eigenvalue weighted by atomic mass is 10.2. The lowest BCUT2D eigenvalue weighted by Gasteiger charge is -2.34. The van der Waals surface area contributed by atoms with Crippen molar-refractivity contribution in [3.8, 4) is 11.8 Å². The SMILES string of the molecule is N#Cc1ccccc1OCC(=O)NC[C@@H](c1cccs1)N1CCOCC1. The molecule has 1 fully saturated rings. The Labute approximate surface area is 156 Å². The molecule has 1 aliphatic rings. The molecular weight excluding hydrogens is 350 g/mol. The molecule has 1 atom stereocenters. The first-order chi connectivity index (χ1) is 12.8. The van der Waals surface area contributed by atoms with E-state index in [1.807, 2.05) is 11.4 Å². The number of amides is 1. The summed E-state index contributed by atoms with van der Waals surface area (Å²) in [5.41, 5.74) is 0.421. The topological polar surface area (TPSA) is 74.6 Å². The first kappa shape index (κ1) is 18.4. The highest BCUT2D eigenvalue weighted by atomic mass is 32.1. The minimum absolute atomic E-state index is 0.112. The Morgan fingerprint density at radius 3 is 2.85 bits per heavy atom. The number of carbonyl (C=O) groups is 1. The largest absolute Gasteiger partial charge is 0.482 e. The molecule has 136 valence electrons. The summed E-state index contributed by atoms with van der Waals surface area (Å²) in [7, 11) is 0. The summed E-state index contributed by atoms with van der Waals surface area (Å²) in [6, 6.07) is 13.2. The monoisotopic (exact) mass is 371 g/mol. The van der Waals surface area contributed by atoms with Crippen LogP contribution in [0.15, 0.2) is 41.8 Å². The summed E-state index contributed by atoms with van der Waals surface area (Å²) in [6.07, 6.45) is 0. The van der Waals surface area contributed by atoms with E-state index in [2.05, 4.69) is 22.4 Å².